The summed E-state index contributed by atoms with van der Waals surface area (Å²) in [6, 6.07) is 7.76. The van der Waals surface area contributed by atoms with Crippen molar-refractivity contribution in [2.45, 2.75) is 11.8 Å². The molecule has 1 rings (SSSR count). The Morgan fingerprint density at radius 3 is 2.64 bits per heavy atom. The van der Waals surface area contributed by atoms with Crippen molar-refractivity contribution in [2.24, 2.45) is 0 Å². The molecule has 0 unspecified atom stereocenters. The summed E-state index contributed by atoms with van der Waals surface area (Å²) in [6.07, 6.45) is 1.26. The van der Waals surface area contributed by atoms with Gasteiger partial charge in [-0.05, 0) is 36.1 Å². The van der Waals surface area contributed by atoms with Gasteiger partial charge in [-0.1, -0.05) is 13.5 Å². The topological polar surface area (TPSA) is 29.1 Å². The van der Waals surface area contributed by atoms with Gasteiger partial charge in [-0.2, -0.15) is 0 Å². The Balaban J connectivity index is 2.63. The number of benzene rings is 1. The van der Waals surface area contributed by atoms with Crippen molar-refractivity contribution >= 4 is 23.4 Å². The van der Waals surface area contributed by atoms with E-state index in [-0.39, 0.29) is 5.91 Å². The van der Waals surface area contributed by atoms with Crippen molar-refractivity contribution in [1.82, 2.24) is 0 Å². The Kier molecular flexibility index (Phi) is 4.26. The lowest BCUT2D eigenvalue weighted by atomic mass is 10.3. The van der Waals surface area contributed by atoms with Crippen LogP contribution in [0.2, 0.25) is 0 Å². The monoisotopic (exact) mass is 207 g/mol. The van der Waals surface area contributed by atoms with E-state index in [9.17, 15) is 4.79 Å². The molecule has 2 nitrogen and oxygen atoms in total. The average molecular weight is 207 g/mol. The first-order chi connectivity index (χ1) is 6.76. The number of thioether (sulfide) groups is 1. The highest BCUT2D eigenvalue weighted by Gasteiger charge is 1.96. The second-order valence-electron chi connectivity index (χ2n) is 2.65. The van der Waals surface area contributed by atoms with Crippen molar-refractivity contribution < 1.29 is 4.79 Å². The SMILES string of the molecule is C=CC(=O)Nc1ccc(SCC)cc1. The lowest BCUT2D eigenvalue weighted by Crippen LogP contribution is -2.06. The molecule has 0 saturated carbocycles. The summed E-state index contributed by atoms with van der Waals surface area (Å²) >= 11 is 1.78. The van der Waals surface area contributed by atoms with E-state index in [1.165, 1.54) is 11.0 Å². The molecule has 0 bridgehead atoms. The highest BCUT2D eigenvalue weighted by Crippen LogP contribution is 2.19. The fraction of sp³-hybridized carbons (Fsp3) is 0.182. The zero-order valence-corrected chi connectivity index (χ0v) is 8.93. The van der Waals surface area contributed by atoms with Gasteiger partial charge in [0, 0.05) is 10.6 Å². The Bertz CT molecular complexity index is 319. The van der Waals surface area contributed by atoms with E-state index in [4.69, 9.17) is 0 Å². The van der Waals surface area contributed by atoms with Crippen molar-refractivity contribution in [3.8, 4) is 0 Å². The fourth-order valence-corrected chi connectivity index (χ4v) is 1.66. The van der Waals surface area contributed by atoms with Crippen molar-refractivity contribution in [1.29, 1.82) is 0 Å². The second-order valence-corrected chi connectivity index (χ2v) is 3.99. The Hall–Kier alpha value is -1.22. The van der Waals surface area contributed by atoms with Crippen LogP contribution in [0, 0.1) is 0 Å². The molecule has 0 aliphatic rings. The molecule has 1 aromatic carbocycles. The zero-order chi connectivity index (χ0) is 10.4. The molecule has 1 amide bonds. The summed E-state index contributed by atoms with van der Waals surface area (Å²) in [7, 11) is 0. The normalized spacial score (nSPS) is 9.50. The van der Waals surface area contributed by atoms with E-state index in [1.807, 2.05) is 24.3 Å². The number of amides is 1. The van der Waals surface area contributed by atoms with Crippen LogP contribution in [0.1, 0.15) is 6.92 Å². The van der Waals surface area contributed by atoms with Gasteiger partial charge in [-0.3, -0.25) is 4.79 Å². The fourth-order valence-electron chi connectivity index (χ4n) is 0.994. The van der Waals surface area contributed by atoms with Gasteiger partial charge in [0.15, 0.2) is 0 Å². The molecule has 0 aliphatic carbocycles. The third kappa shape index (κ3) is 3.26. The summed E-state index contributed by atoms with van der Waals surface area (Å²) in [5, 5.41) is 2.69. The molecule has 3 heteroatoms. The number of carbonyl (C=O) groups is 1. The first-order valence-electron chi connectivity index (χ1n) is 4.42. The lowest BCUT2D eigenvalue weighted by Gasteiger charge is -2.03. The van der Waals surface area contributed by atoms with Crippen LogP contribution in [0.15, 0.2) is 41.8 Å². The molecule has 0 fully saturated rings. The molecule has 0 aromatic heterocycles. The molecule has 14 heavy (non-hydrogen) atoms. The molecule has 0 saturated heterocycles. The number of hydrogen-bond donors (Lipinski definition) is 1. The molecule has 0 atom stereocenters. The third-order valence-electron chi connectivity index (χ3n) is 1.62. The predicted molar refractivity (Wildman–Crippen MR) is 61.7 cm³/mol. The van der Waals surface area contributed by atoms with Crippen LogP contribution in [0.25, 0.3) is 0 Å². The minimum atomic E-state index is -0.180. The standard InChI is InChI=1S/C11H13NOS/c1-3-11(13)12-9-5-7-10(8-6-9)14-4-2/h3,5-8H,1,4H2,2H3,(H,12,13). The maximum absolute atomic E-state index is 11.0. The van der Waals surface area contributed by atoms with E-state index < -0.39 is 0 Å². The minimum Gasteiger partial charge on any atom is -0.323 e. The predicted octanol–water partition coefficient (Wildman–Crippen LogP) is 2.92. The van der Waals surface area contributed by atoms with E-state index in [2.05, 4.69) is 18.8 Å². The Morgan fingerprint density at radius 2 is 2.14 bits per heavy atom. The lowest BCUT2D eigenvalue weighted by molar-refractivity contribution is -0.111. The smallest absolute Gasteiger partial charge is 0.247 e. The number of hydrogen-bond acceptors (Lipinski definition) is 2. The van der Waals surface area contributed by atoms with Gasteiger partial charge in [0.1, 0.15) is 0 Å². The number of rotatable bonds is 4. The van der Waals surface area contributed by atoms with E-state index in [0.717, 1.165) is 11.4 Å². The average Bonchev–Trinajstić information content (AvgIpc) is 2.21. The number of nitrogens with one attached hydrogen (secondary N) is 1. The summed E-state index contributed by atoms with van der Waals surface area (Å²) in [6.45, 7) is 5.50. The van der Waals surface area contributed by atoms with E-state index >= 15 is 0 Å². The second kappa shape index (κ2) is 5.50. The van der Waals surface area contributed by atoms with Crippen LogP contribution in [0.5, 0.6) is 0 Å². The van der Waals surface area contributed by atoms with Gasteiger partial charge in [0.25, 0.3) is 0 Å². The molecule has 0 radical (unpaired) electrons. The van der Waals surface area contributed by atoms with Gasteiger partial charge in [0.2, 0.25) is 5.91 Å². The zero-order valence-electron chi connectivity index (χ0n) is 8.12. The molecule has 1 N–H and O–H groups in total. The summed E-state index contributed by atoms with van der Waals surface area (Å²) in [4.78, 5) is 12.2. The van der Waals surface area contributed by atoms with E-state index in [1.54, 1.807) is 11.8 Å². The molecule has 0 aliphatic heterocycles. The molecule has 1 aromatic rings. The number of carbonyl (C=O) groups excluding carboxylic acids is 1. The molecule has 0 spiro atoms. The minimum absolute atomic E-state index is 0.180. The van der Waals surface area contributed by atoms with Gasteiger partial charge >= 0.3 is 0 Å². The van der Waals surface area contributed by atoms with Crippen LogP contribution in [-0.4, -0.2) is 11.7 Å². The maximum atomic E-state index is 11.0. The first kappa shape index (κ1) is 10.9. The van der Waals surface area contributed by atoms with Gasteiger partial charge in [-0.15, -0.1) is 11.8 Å². The first-order valence-corrected chi connectivity index (χ1v) is 5.41. The van der Waals surface area contributed by atoms with Crippen LogP contribution in [-0.2, 0) is 4.79 Å². The summed E-state index contributed by atoms with van der Waals surface area (Å²) in [5.74, 6) is 0.874. The summed E-state index contributed by atoms with van der Waals surface area (Å²) < 4.78 is 0. The van der Waals surface area contributed by atoms with Crippen LogP contribution in [0.3, 0.4) is 0 Å². The molecular weight excluding hydrogens is 194 g/mol. The van der Waals surface area contributed by atoms with E-state index in [0.29, 0.717) is 0 Å². The maximum Gasteiger partial charge on any atom is 0.247 e. The number of anilines is 1. The van der Waals surface area contributed by atoms with Gasteiger partial charge < -0.3 is 5.32 Å². The Labute approximate surface area is 88.4 Å². The van der Waals surface area contributed by atoms with Crippen LogP contribution >= 0.6 is 11.8 Å². The van der Waals surface area contributed by atoms with Crippen LogP contribution in [0.4, 0.5) is 5.69 Å². The summed E-state index contributed by atoms with van der Waals surface area (Å²) in [5.41, 5.74) is 0.801. The van der Waals surface area contributed by atoms with Crippen molar-refractivity contribution in [2.75, 3.05) is 11.1 Å². The Morgan fingerprint density at radius 1 is 1.50 bits per heavy atom. The van der Waals surface area contributed by atoms with Crippen molar-refractivity contribution in [3.05, 3.63) is 36.9 Å². The van der Waals surface area contributed by atoms with Gasteiger partial charge in [-0.25, -0.2) is 0 Å². The van der Waals surface area contributed by atoms with Crippen molar-refractivity contribution in [3.63, 3.8) is 0 Å². The van der Waals surface area contributed by atoms with Crippen LogP contribution < -0.4 is 5.32 Å². The largest absolute Gasteiger partial charge is 0.323 e. The highest BCUT2D eigenvalue weighted by atomic mass is 32.2. The molecule has 74 valence electrons. The molecular formula is C11H13NOS. The molecule has 0 heterocycles. The van der Waals surface area contributed by atoms with Gasteiger partial charge in [0.05, 0.1) is 0 Å². The quantitative estimate of drug-likeness (QED) is 0.607. The highest BCUT2D eigenvalue weighted by molar-refractivity contribution is 7.99. The third-order valence-corrected chi connectivity index (χ3v) is 2.51.